The Balaban J connectivity index is 2.06. The lowest BCUT2D eigenvalue weighted by atomic mass is 10.2. The number of pyridine rings is 1. The summed E-state index contributed by atoms with van der Waals surface area (Å²) in [5, 5.41) is 0. The van der Waals surface area contributed by atoms with Crippen LogP contribution < -0.4 is 0 Å². The number of halogens is 1. The number of aromatic nitrogens is 3. The maximum Gasteiger partial charge on any atom is 0.160 e. The topological polar surface area (TPSA) is 30.7 Å². The van der Waals surface area contributed by atoms with Gasteiger partial charge in [-0.05, 0) is 29.8 Å². The summed E-state index contributed by atoms with van der Waals surface area (Å²) in [7, 11) is 0. The second-order valence-corrected chi connectivity index (χ2v) is 5.36. The third kappa shape index (κ3) is 2.40. The molecule has 0 bridgehead atoms. The summed E-state index contributed by atoms with van der Waals surface area (Å²) in [5.74, 6) is 1.08. The highest BCUT2D eigenvalue weighted by Crippen LogP contribution is 2.17. The molecule has 0 spiro atoms. The average molecular weight is 316 g/mol. The van der Waals surface area contributed by atoms with Gasteiger partial charge < -0.3 is 4.57 Å². The number of fused-ring (bicyclic) bond motifs is 1. The van der Waals surface area contributed by atoms with Crippen molar-refractivity contribution in [3.05, 3.63) is 58.5 Å². The quantitative estimate of drug-likeness (QED) is 0.736. The number of benzene rings is 1. The maximum atomic E-state index is 4.64. The number of nitrogens with zero attached hydrogens (tertiary/aromatic N) is 3. The van der Waals surface area contributed by atoms with E-state index in [4.69, 9.17) is 0 Å². The third-order valence-electron chi connectivity index (χ3n) is 3.15. The van der Waals surface area contributed by atoms with Crippen LogP contribution in [0, 0.1) is 0 Å². The lowest BCUT2D eigenvalue weighted by molar-refractivity contribution is 0.746. The molecule has 0 atom stereocenters. The summed E-state index contributed by atoms with van der Waals surface area (Å²) < 4.78 is 3.29. The van der Waals surface area contributed by atoms with Crippen LogP contribution >= 0.6 is 15.9 Å². The Morgan fingerprint density at radius 1 is 1.16 bits per heavy atom. The molecule has 2 heterocycles. The molecule has 0 unspecified atom stereocenters. The summed E-state index contributed by atoms with van der Waals surface area (Å²) in [4.78, 5) is 9.09. The van der Waals surface area contributed by atoms with Crippen LogP contribution in [0.3, 0.4) is 0 Å². The molecule has 3 nitrogen and oxygen atoms in total. The van der Waals surface area contributed by atoms with Gasteiger partial charge in [-0.1, -0.05) is 35.0 Å². The van der Waals surface area contributed by atoms with Gasteiger partial charge in [0.15, 0.2) is 5.65 Å². The highest BCUT2D eigenvalue weighted by Gasteiger charge is 2.10. The largest absolute Gasteiger partial charge is 0.308 e. The first-order valence-corrected chi connectivity index (χ1v) is 7.12. The van der Waals surface area contributed by atoms with Crippen LogP contribution in [-0.2, 0) is 13.0 Å². The Bertz CT molecular complexity index is 701. The molecule has 1 aromatic carbocycles. The van der Waals surface area contributed by atoms with Crippen molar-refractivity contribution in [2.75, 3.05) is 0 Å². The normalized spacial score (nSPS) is 11.1. The molecule has 0 saturated carbocycles. The van der Waals surface area contributed by atoms with Crippen molar-refractivity contribution >= 4 is 27.1 Å². The molecule has 0 amide bonds. The minimum absolute atomic E-state index is 0.809. The third-order valence-corrected chi connectivity index (χ3v) is 3.68. The molecule has 4 heteroatoms. The van der Waals surface area contributed by atoms with Crippen LogP contribution in [-0.4, -0.2) is 14.5 Å². The molecule has 0 N–H and O–H groups in total. The summed E-state index contributed by atoms with van der Waals surface area (Å²) >= 11 is 3.46. The van der Waals surface area contributed by atoms with E-state index in [9.17, 15) is 0 Å². The van der Waals surface area contributed by atoms with Crippen molar-refractivity contribution in [2.45, 2.75) is 19.9 Å². The Morgan fingerprint density at radius 2 is 1.95 bits per heavy atom. The van der Waals surface area contributed by atoms with Crippen molar-refractivity contribution in [3.8, 4) is 0 Å². The Labute approximate surface area is 120 Å². The first kappa shape index (κ1) is 12.4. The molecule has 0 aliphatic carbocycles. The van der Waals surface area contributed by atoms with Gasteiger partial charge in [0, 0.05) is 17.1 Å². The van der Waals surface area contributed by atoms with E-state index in [0.29, 0.717) is 0 Å². The highest BCUT2D eigenvalue weighted by atomic mass is 79.9. The molecular formula is C15H14BrN3. The van der Waals surface area contributed by atoms with E-state index in [1.165, 1.54) is 5.56 Å². The van der Waals surface area contributed by atoms with Crippen molar-refractivity contribution in [1.82, 2.24) is 14.5 Å². The van der Waals surface area contributed by atoms with Crippen LogP contribution in [0.2, 0.25) is 0 Å². The van der Waals surface area contributed by atoms with E-state index in [-0.39, 0.29) is 0 Å². The maximum absolute atomic E-state index is 4.64. The van der Waals surface area contributed by atoms with Crippen LogP contribution in [0.15, 0.2) is 47.1 Å². The molecular weight excluding hydrogens is 302 g/mol. The average Bonchev–Trinajstić information content (AvgIpc) is 2.79. The number of hydrogen-bond donors (Lipinski definition) is 0. The standard InChI is InChI=1S/C15H14BrN3/c1-2-14-18-13-4-3-9-17-15(13)19(14)10-11-5-7-12(16)8-6-11/h3-9H,2,10H2,1H3. The van der Waals surface area contributed by atoms with E-state index in [1.54, 1.807) is 0 Å². The first-order valence-electron chi connectivity index (χ1n) is 6.32. The SMILES string of the molecule is CCc1nc2cccnc2n1Cc1ccc(Br)cc1. The van der Waals surface area contributed by atoms with E-state index in [2.05, 4.69) is 61.7 Å². The molecule has 19 heavy (non-hydrogen) atoms. The molecule has 0 aliphatic heterocycles. The van der Waals surface area contributed by atoms with Gasteiger partial charge in [0.05, 0.1) is 6.54 Å². The zero-order valence-corrected chi connectivity index (χ0v) is 12.3. The minimum Gasteiger partial charge on any atom is -0.308 e. The van der Waals surface area contributed by atoms with Crippen LogP contribution in [0.1, 0.15) is 18.3 Å². The second kappa shape index (κ2) is 5.13. The van der Waals surface area contributed by atoms with Gasteiger partial charge >= 0.3 is 0 Å². The zero-order chi connectivity index (χ0) is 13.2. The van der Waals surface area contributed by atoms with Gasteiger partial charge in [0.1, 0.15) is 11.3 Å². The van der Waals surface area contributed by atoms with Crippen LogP contribution in [0.4, 0.5) is 0 Å². The molecule has 96 valence electrons. The molecule has 0 radical (unpaired) electrons. The van der Waals surface area contributed by atoms with Crippen molar-refractivity contribution < 1.29 is 0 Å². The van der Waals surface area contributed by atoms with Crippen LogP contribution in [0.25, 0.3) is 11.2 Å². The molecule has 3 aromatic rings. The Hall–Kier alpha value is -1.68. The monoisotopic (exact) mass is 315 g/mol. The van der Waals surface area contributed by atoms with Crippen molar-refractivity contribution in [1.29, 1.82) is 0 Å². The van der Waals surface area contributed by atoms with Gasteiger partial charge in [0.2, 0.25) is 0 Å². The summed E-state index contributed by atoms with van der Waals surface area (Å²) in [6.45, 7) is 2.93. The Morgan fingerprint density at radius 3 is 2.68 bits per heavy atom. The number of aryl methyl sites for hydroxylation is 1. The van der Waals surface area contributed by atoms with E-state index < -0.39 is 0 Å². The lowest BCUT2D eigenvalue weighted by Gasteiger charge is -2.07. The van der Waals surface area contributed by atoms with E-state index in [0.717, 1.165) is 34.4 Å². The number of rotatable bonds is 3. The van der Waals surface area contributed by atoms with Crippen molar-refractivity contribution in [2.24, 2.45) is 0 Å². The lowest BCUT2D eigenvalue weighted by Crippen LogP contribution is -2.05. The molecule has 0 aliphatic rings. The fourth-order valence-corrected chi connectivity index (χ4v) is 2.48. The fourth-order valence-electron chi connectivity index (χ4n) is 2.21. The van der Waals surface area contributed by atoms with Gasteiger partial charge in [-0.2, -0.15) is 0 Å². The molecule has 0 fully saturated rings. The van der Waals surface area contributed by atoms with Gasteiger partial charge in [-0.25, -0.2) is 9.97 Å². The minimum atomic E-state index is 0.809. The van der Waals surface area contributed by atoms with Gasteiger partial charge in [-0.3, -0.25) is 0 Å². The predicted molar refractivity (Wildman–Crippen MR) is 80.2 cm³/mol. The van der Waals surface area contributed by atoms with Crippen molar-refractivity contribution in [3.63, 3.8) is 0 Å². The summed E-state index contributed by atoms with van der Waals surface area (Å²) in [5.41, 5.74) is 3.18. The summed E-state index contributed by atoms with van der Waals surface area (Å²) in [6.07, 6.45) is 2.73. The summed E-state index contributed by atoms with van der Waals surface area (Å²) in [6, 6.07) is 12.3. The molecule has 3 rings (SSSR count). The smallest absolute Gasteiger partial charge is 0.160 e. The fraction of sp³-hybridized carbons (Fsp3) is 0.200. The van der Waals surface area contributed by atoms with E-state index in [1.807, 2.05) is 18.3 Å². The van der Waals surface area contributed by atoms with Crippen LogP contribution in [0.5, 0.6) is 0 Å². The molecule has 2 aromatic heterocycles. The predicted octanol–water partition coefficient (Wildman–Crippen LogP) is 3.80. The van der Waals surface area contributed by atoms with E-state index >= 15 is 0 Å². The van der Waals surface area contributed by atoms with Gasteiger partial charge in [0.25, 0.3) is 0 Å². The zero-order valence-electron chi connectivity index (χ0n) is 10.7. The number of hydrogen-bond acceptors (Lipinski definition) is 2. The highest BCUT2D eigenvalue weighted by molar-refractivity contribution is 9.10. The Kier molecular flexibility index (Phi) is 3.34. The number of imidazole rings is 1. The molecule has 0 saturated heterocycles. The second-order valence-electron chi connectivity index (χ2n) is 4.44. The van der Waals surface area contributed by atoms with Gasteiger partial charge in [-0.15, -0.1) is 0 Å². The first-order chi connectivity index (χ1) is 9.28.